The van der Waals surface area contributed by atoms with Gasteiger partial charge >= 0.3 is 0 Å². The summed E-state index contributed by atoms with van der Waals surface area (Å²) >= 11 is 6.09. The molecule has 0 bridgehead atoms. The van der Waals surface area contributed by atoms with Crippen molar-refractivity contribution < 1.29 is 9.18 Å². The van der Waals surface area contributed by atoms with E-state index in [9.17, 15) is 9.18 Å². The van der Waals surface area contributed by atoms with E-state index < -0.39 is 0 Å². The highest BCUT2D eigenvalue weighted by Crippen LogP contribution is 2.21. The Morgan fingerprint density at radius 3 is 2.26 bits per heavy atom. The van der Waals surface area contributed by atoms with Crippen LogP contribution in [0, 0.1) is 28.5 Å². The summed E-state index contributed by atoms with van der Waals surface area (Å²) in [5, 5.41) is 17.9. The van der Waals surface area contributed by atoms with Crippen LogP contribution in [0.15, 0.2) is 18.2 Å². The number of nitrogens with zero attached hydrogens (tertiary/aromatic N) is 5. The first kappa shape index (κ1) is 21.1. The summed E-state index contributed by atoms with van der Waals surface area (Å²) in [5.74, 6) is -0.364. The smallest absolute Gasteiger partial charge is 0.236 e. The number of halogens is 2. The van der Waals surface area contributed by atoms with E-state index in [0.717, 1.165) is 0 Å². The Labute approximate surface area is 164 Å². The number of amides is 1. The molecule has 27 heavy (non-hydrogen) atoms. The Hall–Kier alpha value is -2.19. The second-order valence-corrected chi connectivity index (χ2v) is 6.86. The first-order valence-corrected chi connectivity index (χ1v) is 9.32. The number of piperazine rings is 1. The molecule has 0 radical (unpaired) electrons. The van der Waals surface area contributed by atoms with Crippen LogP contribution in [0.25, 0.3) is 0 Å². The normalized spacial score (nSPS) is 15.1. The molecule has 0 aliphatic carbocycles. The number of hydrogen-bond donors (Lipinski definition) is 0. The summed E-state index contributed by atoms with van der Waals surface area (Å²) in [7, 11) is 0. The van der Waals surface area contributed by atoms with Gasteiger partial charge in [-0.15, -0.1) is 0 Å². The van der Waals surface area contributed by atoms with Crippen LogP contribution in [0.2, 0.25) is 5.02 Å². The first-order chi connectivity index (χ1) is 13.0. The standard InChI is InChI=1S/C19H23ClFN5O/c20-17-4-1-5-18(21)16(17)14-24-10-12-25(13-11-24)15-19(27)26(8-2-6-22)9-3-7-23/h1,4-5H,2-3,8-15H2. The van der Waals surface area contributed by atoms with E-state index in [0.29, 0.717) is 56.4 Å². The Morgan fingerprint density at radius 1 is 1.11 bits per heavy atom. The van der Waals surface area contributed by atoms with E-state index in [2.05, 4.69) is 4.90 Å². The van der Waals surface area contributed by atoms with E-state index >= 15 is 0 Å². The minimum atomic E-state index is -0.300. The molecule has 1 aromatic carbocycles. The lowest BCUT2D eigenvalue weighted by Gasteiger charge is -2.35. The van der Waals surface area contributed by atoms with E-state index in [1.807, 2.05) is 17.0 Å². The Kier molecular flexibility index (Phi) is 8.47. The first-order valence-electron chi connectivity index (χ1n) is 8.94. The fourth-order valence-electron chi connectivity index (χ4n) is 3.03. The molecule has 1 aliphatic heterocycles. The molecule has 2 rings (SSSR count). The Bertz CT molecular complexity index is 684. The molecule has 1 heterocycles. The lowest BCUT2D eigenvalue weighted by Crippen LogP contribution is -2.50. The van der Waals surface area contributed by atoms with Gasteiger partial charge < -0.3 is 4.90 Å². The van der Waals surface area contributed by atoms with Crippen molar-refractivity contribution in [2.75, 3.05) is 45.8 Å². The fourth-order valence-corrected chi connectivity index (χ4v) is 3.26. The van der Waals surface area contributed by atoms with Gasteiger partial charge in [-0.2, -0.15) is 10.5 Å². The molecular formula is C19H23ClFN5O. The van der Waals surface area contributed by atoms with Crippen LogP contribution < -0.4 is 0 Å². The van der Waals surface area contributed by atoms with Gasteiger partial charge in [-0.3, -0.25) is 14.6 Å². The maximum atomic E-state index is 13.9. The van der Waals surface area contributed by atoms with Gasteiger partial charge in [0.2, 0.25) is 5.91 Å². The quantitative estimate of drug-likeness (QED) is 0.679. The number of carbonyl (C=O) groups excluding carboxylic acids is 1. The summed E-state index contributed by atoms with van der Waals surface area (Å²) in [5.41, 5.74) is 0.503. The molecule has 0 atom stereocenters. The third-order valence-corrected chi connectivity index (χ3v) is 4.96. The summed E-state index contributed by atoms with van der Waals surface area (Å²) in [6.07, 6.45) is 0.517. The highest BCUT2D eigenvalue weighted by Gasteiger charge is 2.22. The van der Waals surface area contributed by atoms with Crippen LogP contribution in [-0.4, -0.2) is 66.4 Å². The highest BCUT2D eigenvalue weighted by molar-refractivity contribution is 6.31. The molecule has 0 spiro atoms. The van der Waals surface area contributed by atoms with Gasteiger partial charge in [0, 0.05) is 56.4 Å². The average molecular weight is 392 g/mol. The molecule has 1 saturated heterocycles. The minimum Gasteiger partial charge on any atom is -0.340 e. The zero-order valence-corrected chi connectivity index (χ0v) is 16.0. The van der Waals surface area contributed by atoms with Gasteiger partial charge in [-0.25, -0.2) is 4.39 Å². The topological polar surface area (TPSA) is 74.4 Å². The van der Waals surface area contributed by atoms with Crippen molar-refractivity contribution in [1.82, 2.24) is 14.7 Å². The zero-order chi connectivity index (χ0) is 19.6. The molecule has 1 amide bonds. The van der Waals surface area contributed by atoms with Crippen molar-refractivity contribution in [2.24, 2.45) is 0 Å². The van der Waals surface area contributed by atoms with Gasteiger partial charge in [-0.05, 0) is 12.1 Å². The van der Waals surface area contributed by atoms with Crippen LogP contribution in [0.5, 0.6) is 0 Å². The number of hydrogen-bond acceptors (Lipinski definition) is 5. The predicted octanol–water partition coefficient (Wildman–Crippen LogP) is 2.25. The van der Waals surface area contributed by atoms with Gasteiger partial charge in [-0.1, -0.05) is 17.7 Å². The van der Waals surface area contributed by atoms with E-state index in [1.165, 1.54) is 6.07 Å². The fraction of sp³-hybridized carbons (Fsp3) is 0.526. The van der Waals surface area contributed by atoms with Gasteiger partial charge in [0.25, 0.3) is 0 Å². The molecule has 0 saturated carbocycles. The second kappa shape index (κ2) is 10.8. The van der Waals surface area contributed by atoms with Crippen molar-refractivity contribution >= 4 is 17.5 Å². The summed E-state index contributed by atoms with van der Waals surface area (Å²) in [6, 6.07) is 8.75. The third kappa shape index (κ3) is 6.48. The highest BCUT2D eigenvalue weighted by atomic mass is 35.5. The number of nitriles is 2. The molecule has 0 unspecified atom stereocenters. The summed E-state index contributed by atoms with van der Waals surface area (Å²) < 4.78 is 13.9. The molecular weight excluding hydrogens is 369 g/mol. The predicted molar refractivity (Wildman–Crippen MR) is 100 cm³/mol. The number of benzene rings is 1. The SMILES string of the molecule is N#CCCN(CCC#N)C(=O)CN1CCN(Cc2c(F)cccc2Cl)CC1. The lowest BCUT2D eigenvalue weighted by molar-refractivity contribution is -0.132. The van der Waals surface area contributed by atoms with E-state index in [4.69, 9.17) is 22.1 Å². The van der Waals surface area contributed by atoms with Crippen molar-refractivity contribution in [3.05, 3.63) is 34.6 Å². The van der Waals surface area contributed by atoms with Crippen LogP contribution in [0.4, 0.5) is 4.39 Å². The monoisotopic (exact) mass is 391 g/mol. The molecule has 6 nitrogen and oxygen atoms in total. The lowest BCUT2D eigenvalue weighted by atomic mass is 10.2. The van der Waals surface area contributed by atoms with Crippen molar-refractivity contribution in [3.8, 4) is 12.1 Å². The van der Waals surface area contributed by atoms with Gasteiger partial charge in [0.05, 0.1) is 31.5 Å². The molecule has 0 aromatic heterocycles. The van der Waals surface area contributed by atoms with Crippen molar-refractivity contribution in [2.45, 2.75) is 19.4 Å². The van der Waals surface area contributed by atoms with Crippen LogP contribution in [-0.2, 0) is 11.3 Å². The summed E-state index contributed by atoms with van der Waals surface area (Å²) in [6.45, 7) is 4.24. The number of rotatable bonds is 8. The molecule has 8 heteroatoms. The van der Waals surface area contributed by atoms with Crippen LogP contribution in [0.3, 0.4) is 0 Å². The molecule has 0 N–H and O–H groups in total. The minimum absolute atomic E-state index is 0.0638. The molecule has 144 valence electrons. The van der Waals surface area contributed by atoms with E-state index in [1.54, 1.807) is 17.0 Å². The Morgan fingerprint density at radius 2 is 1.70 bits per heavy atom. The largest absolute Gasteiger partial charge is 0.340 e. The Balaban J connectivity index is 1.83. The van der Waals surface area contributed by atoms with Crippen molar-refractivity contribution in [1.29, 1.82) is 10.5 Å². The van der Waals surface area contributed by atoms with Gasteiger partial charge in [0.1, 0.15) is 5.82 Å². The maximum Gasteiger partial charge on any atom is 0.236 e. The second-order valence-electron chi connectivity index (χ2n) is 6.45. The third-order valence-electron chi connectivity index (χ3n) is 4.61. The molecule has 1 aromatic rings. The molecule has 1 fully saturated rings. The maximum absolute atomic E-state index is 13.9. The zero-order valence-electron chi connectivity index (χ0n) is 15.2. The molecule has 1 aliphatic rings. The van der Waals surface area contributed by atoms with Crippen LogP contribution >= 0.6 is 11.6 Å². The number of carbonyl (C=O) groups is 1. The van der Waals surface area contributed by atoms with Gasteiger partial charge in [0.15, 0.2) is 0 Å². The summed E-state index contributed by atoms with van der Waals surface area (Å²) in [4.78, 5) is 18.2. The van der Waals surface area contributed by atoms with Crippen molar-refractivity contribution in [3.63, 3.8) is 0 Å². The van der Waals surface area contributed by atoms with Crippen LogP contribution in [0.1, 0.15) is 18.4 Å². The van der Waals surface area contributed by atoms with E-state index in [-0.39, 0.29) is 31.1 Å². The average Bonchev–Trinajstić information content (AvgIpc) is 2.66.